The fourth-order valence-electron chi connectivity index (χ4n) is 12.1. The molecule has 2 fully saturated rings. The smallest absolute Gasteiger partial charge is 0.334 e. The van der Waals surface area contributed by atoms with E-state index in [1.165, 1.54) is 20.7 Å². The maximum absolute atomic E-state index is 14.0. The average Bonchev–Trinajstić information content (AvgIpc) is 3.85. The van der Waals surface area contributed by atoms with Gasteiger partial charge in [0.15, 0.2) is 6.10 Å². The number of carbonyl (C=O) groups is 1. The van der Waals surface area contributed by atoms with E-state index in [1.54, 1.807) is 0 Å². The Balaban J connectivity index is 1.03. The molecule has 6 atom stereocenters. The van der Waals surface area contributed by atoms with Crippen LogP contribution in [0.5, 0.6) is 0 Å². The molecule has 0 N–H and O–H groups in total. The molecule has 1 aliphatic carbocycles. The predicted octanol–water partition coefficient (Wildman–Crippen LogP) is 9.68. The molecule has 5 nitrogen and oxygen atoms in total. The lowest BCUT2D eigenvalue weighted by Gasteiger charge is -2.49. The Morgan fingerprint density at radius 3 is 1.70 bits per heavy atom. The van der Waals surface area contributed by atoms with E-state index in [0.717, 1.165) is 43.3 Å². The lowest BCUT2D eigenvalue weighted by atomic mass is 9.60. The molecule has 2 bridgehead atoms. The molecule has 7 heteroatoms. The van der Waals surface area contributed by atoms with Crippen LogP contribution in [0.4, 0.5) is 0 Å². The number of rotatable bonds is 13. The highest BCUT2D eigenvalue weighted by Crippen LogP contribution is 2.64. The van der Waals surface area contributed by atoms with Gasteiger partial charge in [-0.15, -0.1) is 6.58 Å². The van der Waals surface area contributed by atoms with Crippen molar-refractivity contribution in [2.45, 2.75) is 128 Å². The minimum atomic E-state index is -2.89. The van der Waals surface area contributed by atoms with Gasteiger partial charge in [0.25, 0.3) is 16.6 Å². The third-order valence-corrected chi connectivity index (χ3v) is 24.8. The van der Waals surface area contributed by atoms with Crippen LogP contribution >= 0.6 is 0 Å². The van der Waals surface area contributed by atoms with E-state index < -0.39 is 28.3 Å². The topological polar surface area (TPSA) is 54.0 Å². The van der Waals surface area contributed by atoms with Gasteiger partial charge in [-0.3, -0.25) is 0 Å². The summed E-state index contributed by atoms with van der Waals surface area (Å²) >= 11 is 0. The Morgan fingerprint density at radius 2 is 1.23 bits per heavy atom. The highest BCUT2D eigenvalue weighted by atomic mass is 28.4. The molecule has 0 spiro atoms. The van der Waals surface area contributed by atoms with Gasteiger partial charge in [0.1, 0.15) is 5.60 Å². The fourth-order valence-corrected chi connectivity index (χ4v) is 21.3. The second kappa shape index (κ2) is 16.1. The fraction of sp³-hybridized carbons (Fsp3) is 0.453. The van der Waals surface area contributed by atoms with Crippen LogP contribution in [0.2, 0.25) is 10.1 Å². The molecule has 0 unspecified atom stereocenters. The summed E-state index contributed by atoms with van der Waals surface area (Å²) in [5.74, 6) is 0.227. The number of hydrogen-bond acceptors (Lipinski definition) is 5. The van der Waals surface area contributed by atoms with E-state index in [9.17, 15) is 4.79 Å². The summed E-state index contributed by atoms with van der Waals surface area (Å²) in [6.07, 6.45) is 6.47. The second-order valence-electron chi connectivity index (χ2n) is 20.6. The Hall–Kier alpha value is -3.86. The summed E-state index contributed by atoms with van der Waals surface area (Å²) in [5, 5.41) is 4.88. The van der Waals surface area contributed by atoms with Gasteiger partial charge in [-0.25, -0.2) is 4.79 Å². The second-order valence-corrected chi connectivity index (χ2v) is 29.2. The molecule has 4 aliphatic rings. The van der Waals surface area contributed by atoms with Crippen molar-refractivity contribution in [2.24, 2.45) is 17.3 Å². The Morgan fingerprint density at radius 1 is 0.750 bits per heavy atom. The number of benzene rings is 4. The monoisotopic (exact) mass is 838 g/mol. The normalized spacial score (nSPS) is 26.5. The lowest BCUT2D eigenvalue weighted by Crippen LogP contribution is -2.69. The zero-order chi connectivity index (χ0) is 42.6. The summed E-state index contributed by atoms with van der Waals surface area (Å²) in [7, 11) is -5.49. The zero-order valence-corrected chi connectivity index (χ0v) is 39.2. The van der Waals surface area contributed by atoms with Gasteiger partial charge < -0.3 is 18.3 Å². The molecule has 2 saturated heterocycles. The third kappa shape index (κ3) is 6.97. The first-order valence-electron chi connectivity index (χ1n) is 22.4. The highest BCUT2D eigenvalue weighted by molar-refractivity contribution is 7.00. The molecule has 316 valence electrons. The SMILES string of the molecule is C=C[C@H]1C(C)(C)[C@H]2O[C@]1([C@H]1OC(=O)C3=C1CC[C@H](CCCO[Si](c1ccccc1)(c1ccccc1)C(C)(C)C)C3)C[C@@H]2O[Si](c1ccccc1)(c1ccccc1)C(C)(C)C. The molecular formula is C53H66O5Si2. The van der Waals surface area contributed by atoms with Crippen LogP contribution in [-0.2, 0) is 23.1 Å². The first kappa shape index (κ1) is 42.8. The molecule has 0 amide bonds. The van der Waals surface area contributed by atoms with Crippen LogP contribution in [0.25, 0.3) is 0 Å². The minimum absolute atomic E-state index is 0.00463. The molecule has 3 aliphatic heterocycles. The quantitative estimate of drug-likeness (QED) is 0.0582. The Bertz CT molecular complexity index is 2090. The molecule has 0 radical (unpaired) electrons. The highest BCUT2D eigenvalue weighted by Gasteiger charge is 2.72. The number of ether oxygens (including phenoxy) is 2. The van der Waals surface area contributed by atoms with Crippen molar-refractivity contribution in [3.05, 3.63) is 145 Å². The maximum Gasteiger partial charge on any atom is 0.334 e. The summed E-state index contributed by atoms with van der Waals surface area (Å²) in [6, 6.07) is 43.5. The van der Waals surface area contributed by atoms with Crippen molar-refractivity contribution in [1.29, 1.82) is 0 Å². The Kier molecular flexibility index (Phi) is 11.5. The number of cyclic esters (lactones) is 1. The molecular weight excluding hydrogens is 773 g/mol. The van der Waals surface area contributed by atoms with Crippen LogP contribution in [0.15, 0.2) is 145 Å². The number of hydrogen-bond donors (Lipinski definition) is 0. The van der Waals surface area contributed by atoms with Crippen LogP contribution < -0.4 is 20.7 Å². The van der Waals surface area contributed by atoms with E-state index in [0.29, 0.717) is 18.9 Å². The zero-order valence-electron chi connectivity index (χ0n) is 37.2. The lowest BCUT2D eigenvalue weighted by molar-refractivity contribution is -0.153. The summed E-state index contributed by atoms with van der Waals surface area (Å²) in [4.78, 5) is 14.0. The van der Waals surface area contributed by atoms with Crippen molar-refractivity contribution in [3.8, 4) is 0 Å². The van der Waals surface area contributed by atoms with Gasteiger partial charge in [-0.1, -0.05) is 183 Å². The summed E-state index contributed by atoms with van der Waals surface area (Å²) in [5.41, 5.74) is 1.00. The van der Waals surface area contributed by atoms with E-state index in [1.807, 2.05) is 0 Å². The van der Waals surface area contributed by atoms with E-state index in [4.69, 9.17) is 18.3 Å². The van der Waals surface area contributed by atoms with Crippen molar-refractivity contribution in [2.75, 3.05) is 6.61 Å². The minimum Gasteiger partial charge on any atom is -0.451 e. The van der Waals surface area contributed by atoms with Crippen molar-refractivity contribution < 1.29 is 23.1 Å². The van der Waals surface area contributed by atoms with Gasteiger partial charge in [0.2, 0.25) is 0 Å². The van der Waals surface area contributed by atoms with E-state index in [2.05, 4.69) is 189 Å². The molecule has 60 heavy (non-hydrogen) atoms. The van der Waals surface area contributed by atoms with Gasteiger partial charge >= 0.3 is 5.97 Å². The summed E-state index contributed by atoms with van der Waals surface area (Å²) < 4.78 is 29.0. The summed E-state index contributed by atoms with van der Waals surface area (Å²) in [6.45, 7) is 23.6. The van der Waals surface area contributed by atoms with Gasteiger partial charge in [-0.05, 0) is 74.4 Å². The standard InChI is InChI=1S/C53H66O5Si2/c1-10-46-52(8,9)48-45(58-60(51(5,6)7,41-29-19-13-20-30-41)42-31-21-14-22-32-42)37-53(46,57-48)47-43-34-33-38(36-44(43)49(54)56-47)24-23-35-55-59(50(2,3)4,39-25-15-11-16-26-39)40-27-17-12-18-28-40/h10-22,25-32,38,45-48H,1,23-24,33-37H2,2-9H3/t38-,45-,46-,47-,48-,53+/m0/s1. The maximum atomic E-state index is 14.0. The van der Waals surface area contributed by atoms with Crippen molar-refractivity contribution >= 4 is 43.4 Å². The largest absolute Gasteiger partial charge is 0.451 e. The van der Waals surface area contributed by atoms with E-state index >= 15 is 0 Å². The van der Waals surface area contributed by atoms with Gasteiger partial charge in [0.05, 0.1) is 12.2 Å². The van der Waals surface area contributed by atoms with Crippen LogP contribution in [0.3, 0.4) is 0 Å². The number of fused-ring (bicyclic) bond motifs is 2. The average molecular weight is 839 g/mol. The molecule has 0 aromatic heterocycles. The number of carbonyl (C=O) groups excluding carboxylic acids is 1. The predicted molar refractivity (Wildman–Crippen MR) is 249 cm³/mol. The van der Waals surface area contributed by atoms with Crippen molar-refractivity contribution in [1.82, 2.24) is 0 Å². The molecule has 4 aromatic carbocycles. The first-order valence-corrected chi connectivity index (χ1v) is 26.2. The van der Waals surface area contributed by atoms with E-state index in [-0.39, 0.29) is 39.6 Å². The third-order valence-electron chi connectivity index (χ3n) is 14.7. The number of esters is 1. The van der Waals surface area contributed by atoms with Crippen LogP contribution in [-0.4, -0.2) is 53.1 Å². The van der Waals surface area contributed by atoms with Gasteiger partial charge in [0, 0.05) is 29.9 Å². The molecule has 0 saturated carbocycles. The molecule has 3 heterocycles. The van der Waals surface area contributed by atoms with Crippen LogP contribution in [0.1, 0.15) is 93.9 Å². The molecule has 8 rings (SSSR count). The first-order chi connectivity index (χ1) is 28.6. The van der Waals surface area contributed by atoms with Crippen molar-refractivity contribution in [3.63, 3.8) is 0 Å². The Labute approximate surface area is 361 Å². The molecule has 4 aromatic rings. The van der Waals surface area contributed by atoms with Gasteiger partial charge in [-0.2, -0.15) is 0 Å². The van der Waals surface area contributed by atoms with Crippen LogP contribution in [0, 0.1) is 17.3 Å².